The van der Waals surface area contributed by atoms with Crippen molar-refractivity contribution in [1.29, 1.82) is 0 Å². The first-order valence-corrected chi connectivity index (χ1v) is 8.97. The third-order valence-electron chi connectivity index (χ3n) is 4.00. The third kappa shape index (κ3) is 3.55. The monoisotopic (exact) mass is 356 g/mol. The lowest BCUT2D eigenvalue weighted by molar-refractivity contribution is 0.0935. The molecule has 1 aliphatic rings. The molecule has 130 valence electrons. The van der Waals surface area contributed by atoms with Crippen molar-refractivity contribution < 1.29 is 14.3 Å². The topological polar surface area (TPSA) is 58.6 Å². The van der Waals surface area contributed by atoms with Crippen LogP contribution in [0.5, 0.6) is 0 Å². The Labute approximate surface area is 151 Å². The summed E-state index contributed by atoms with van der Waals surface area (Å²) in [6.45, 7) is 3.38. The average molecular weight is 356 g/mol. The van der Waals surface area contributed by atoms with E-state index in [0.29, 0.717) is 30.8 Å². The maximum absolute atomic E-state index is 12.9. The largest absolute Gasteiger partial charge is 0.383 e. The smallest absolute Gasteiger partial charge is 0.259 e. The molecule has 0 atom stereocenters. The molecule has 0 aliphatic carbocycles. The van der Waals surface area contributed by atoms with Crippen LogP contribution in [0.25, 0.3) is 0 Å². The first-order valence-electron chi connectivity index (χ1n) is 8.15. The number of nitrogens with zero attached hydrogens (tertiary/aromatic N) is 1. The van der Waals surface area contributed by atoms with Crippen LogP contribution in [0.15, 0.2) is 52.3 Å². The van der Waals surface area contributed by atoms with Gasteiger partial charge in [-0.05, 0) is 37.3 Å². The first kappa shape index (κ1) is 17.5. The van der Waals surface area contributed by atoms with Gasteiger partial charge in [0.2, 0.25) is 0 Å². The second-order valence-electron chi connectivity index (χ2n) is 5.58. The summed E-state index contributed by atoms with van der Waals surface area (Å²) in [4.78, 5) is 28.8. The van der Waals surface area contributed by atoms with Gasteiger partial charge in [0.1, 0.15) is 0 Å². The number of carbonyl (C=O) groups excluding carboxylic acids is 2. The van der Waals surface area contributed by atoms with Crippen molar-refractivity contribution in [2.45, 2.75) is 16.7 Å². The summed E-state index contributed by atoms with van der Waals surface area (Å²) in [6.07, 6.45) is 0. The van der Waals surface area contributed by atoms with Gasteiger partial charge >= 0.3 is 0 Å². The van der Waals surface area contributed by atoms with Gasteiger partial charge in [0.15, 0.2) is 0 Å². The van der Waals surface area contributed by atoms with Gasteiger partial charge in [0.05, 0.1) is 17.9 Å². The van der Waals surface area contributed by atoms with Crippen molar-refractivity contribution >= 4 is 29.3 Å². The SMILES string of the molecule is CCN1C(=O)c2ccccc2Sc2ccc(C(=O)NCCOC)cc21. The molecule has 0 saturated heterocycles. The van der Waals surface area contributed by atoms with Gasteiger partial charge in [-0.25, -0.2) is 0 Å². The number of hydrogen-bond acceptors (Lipinski definition) is 4. The fourth-order valence-corrected chi connectivity index (χ4v) is 3.80. The molecule has 0 saturated carbocycles. The maximum Gasteiger partial charge on any atom is 0.259 e. The first-order chi connectivity index (χ1) is 12.2. The van der Waals surface area contributed by atoms with Crippen molar-refractivity contribution in [3.8, 4) is 0 Å². The standard InChI is InChI=1S/C19H20N2O3S/c1-3-21-15-12-13(18(22)20-10-11-24-2)8-9-17(15)25-16-7-5-4-6-14(16)19(21)23/h4-9,12H,3,10-11H2,1-2H3,(H,20,22). The van der Waals surface area contributed by atoms with Crippen molar-refractivity contribution in [1.82, 2.24) is 5.32 Å². The number of hydrogen-bond donors (Lipinski definition) is 1. The van der Waals surface area contributed by atoms with E-state index in [4.69, 9.17) is 4.74 Å². The van der Waals surface area contributed by atoms with Crippen molar-refractivity contribution in [3.63, 3.8) is 0 Å². The van der Waals surface area contributed by atoms with E-state index < -0.39 is 0 Å². The molecule has 5 nitrogen and oxygen atoms in total. The molecule has 2 amide bonds. The molecular formula is C19H20N2O3S. The minimum atomic E-state index is -0.171. The zero-order valence-corrected chi connectivity index (χ0v) is 15.1. The van der Waals surface area contributed by atoms with Gasteiger partial charge in [-0.3, -0.25) is 9.59 Å². The summed E-state index contributed by atoms with van der Waals surface area (Å²) < 4.78 is 4.95. The molecule has 0 radical (unpaired) electrons. The minimum Gasteiger partial charge on any atom is -0.383 e. The minimum absolute atomic E-state index is 0.0405. The highest BCUT2D eigenvalue weighted by Gasteiger charge is 2.26. The number of fused-ring (bicyclic) bond motifs is 2. The number of nitrogens with one attached hydrogen (secondary N) is 1. The molecule has 1 aliphatic heterocycles. The molecule has 1 N–H and O–H groups in total. The third-order valence-corrected chi connectivity index (χ3v) is 5.14. The van der Waals surface area contributed by atoms with Gasteiger partial charge in [-0.1, -0.05) is 23.9 Å². The lowest BCUT2D eigenvalue weighted by atomic mass is 10.1. The average Bonchev–Trinajstić information content (AvgIpc) is 2.75. The number of amides is 2. The molecule has 25 heavy (non-hydrogen) atoms. The predicted octanol–water partition coefficient (Wildman–Crippen LogP) is 3.19. The summed E-state index contributed by atoms with van der Waals surface area (Å²) >= 11 is 1.55. The zero-order chi connectivity index (χ0) is 17.8. The Bertz CT molecular complexity index is 807. The molecule has 1 heterocycles. The van der Waals surface area contributed by atoms with E-state index in [1.54, 1.807) is 35.9 Å². The maximum atomic E-state index is 12.9. The molecule has 2 aromatic rings. The Morgan fingerprint density at radius 1 is 1.20 bits per heavy atom. The van der Waals surface area contributed by atoms with E-state index in [1.165, 1.54) is 0 Å². The number of ether oxygens (including phenoxy) is 1. The summed E-state index contributed by atoms with van der Waals surface area (Å²) in [6, 6.07) is 13.1. The van der Waals surface area contributed by atoms with E-state index in [2.05, 4.69) is 5.32 Å². The van der Waals surface area contributed by atoms with Crippen LogP contribution in [0.4, 0.5) is 5.69 Å². The molecular weight excluding hydrogens is 336 g/mol. The van der Waals surface area contributed by atoms with E-state index in [-0.39, 0.29) is 11.8 Å². The van der Waals surface area contributed by atoms with E-state index in [9.17, 15) is 9.59 Å². The van der Waals surface area contributed by atoms with Crippen LogP contribution in [0, 0.1) is 0 Å². The van der Waals surface area contributed by atoms with Crippen LogP contribution in [-0.2, 0) is 4.74 Å². The lowest BCUT2D eigenvalue weighted by Crippen LogP contribution is -2.31. The van der Waals surface area contributed by atoms with Gasteiger partial charge in [-0.15, -0.1) is 0 Å². The molecule has 0 bridgehead atoms. The van der Waals surface area contributed by atoms with Crippen molar-refractivity contribution in [3.05, 3.63) is 53.6 Å². The predicted molar refractivity (Wildman–Crippen MR) is 98.6 cm³/mol. The van der Waals surface area contributed by atoms with E-state index in [1.807, 2.05) is 37.3 Å². The fraction of sp³-hybridized carbons (Fsp3) is 0.263. The quantitative estimate of drug-likeness (QED) is 0.836. The highest BCUT2D eigenvalue weighted by Crippen LogP contribution is 2.41. The zero-order valence-electron chi connectivity index (χ0n) is 14.2. The number of rotatable bonds is 5. The van der Waals surface area contributed by atoms with Crippen LogP contribution in [-0.4, -0.2) is 38.6 Å². The second-order valence-corrected chi connectivity index (χ2v) is 6.66. The highest BCUT2D eigenvalue weighted by molar-refractivity contribution is 7.99. The second kappa shape index (κ2) is 7.72. The van der Waals surface area contributed by atoms with Crippen LogP contribution < -0.4 is 10.2 Å². The van der Waals surface area contributed by atoms with E-state index >= 15 is 0 Å². The Balaban J connectivity index is 1.97. The Morgan fingerprint density at radius 3 is 2.76 bits per heavy atom. The fourth-order valence-electron chi connectivity index (χ4n) is 2.74. The Kier molecular flexibility index (Phi) is 5.40. The van der Waals surface area contributed by atoms with Gasteiger partial charge < -0.3 is 15.0 Å². The Morgan fingerprint density at radius 2 is 2.00 bits per heavy atom. The number of anilines is 1. The van der Waals surface area contributed by atoms with Crippen molar-refractivity contribution in [2.24, 2.45) is 0 Å². The van der Waals surface area contributed by atoms with E-state index in [0.717, 1.165) is 15.5 Å². The van der Waals surface area contributed by atoms with Crippen LogP contribution in [0.3, 0.4) is 0 Å². The molecule has 2 aromatic carbocycles. The Hall–Kier alpha value is -2.31. The molecule has 6 heteroatoms. The van der Waals surface area contributed by atoms with Gasteiger partial charge in [0.25, 0.3) is 11.8 Å². The van der Waals surface area contributed by atoms with Crippen LogP contribution in [0.1, 0.15) is 27.6 Å². The molecule has 3 rings (SSSR count). The van der Waals surface area contributed by atoms with Crippen LogP contribution >= 0.6 is 11.8 Å². The summed E-state index contributed by atoms with van der Waals surface area (Å²) in [5.41, 5.74) is 2.00. The number of methoxy groups -OCH3 is 1. The van der Waals surface area contributed by atoms with Gasteiger partial charge in [-0.2, -0.15) is 0 Å². The molecule has 0 aromatic heterocycles. The summed E-state index contributed by atoms with van der Waals surface area (Å²) in [5.74, 6) is -0.212. The summed E-state index contributed by atoms with van der Waals surface area (Å²) in [7, 11) is 1.59. The number of benzene rings is 2. The highest BCUT2D eigenvalue weighted by atomic mass is 32.2. The van der Waals surface area contributed by atoms with Crippen molar-refractivity contribution in [2.75, 3.05) is 31.7 Å². The molecule has 0 fully saturated rings. The molecule has 0 unspecified atom stereocenters. The molecule has 0 spiro atoms. The normalized spacial score (nSPS) is 13.0. The lowest BCUT2D eigenvalue weighted by Gasteiger charge is -2.21. The summed E-state index contributed by atoms with van der Waals surface area (Å²) in [5, 5.41) is 2.81. The number of carbonyl (C=O) groups is 2. The van der Waals surface area contributed by atoms with Crippen LogP contribution in [0.2, 0.25) is 0 Å². The van der Waals surface area contributed by atoms with Gasteiger partial charge in [0, 0.05) is 35.6 Å².